The van der Waals surface area contributed by atoms with Gasteiger partial charge in [-0.1, -0.05) is 23.4 Å². The van der Waals surface area contributed by atoms with Crippen molar-refractivity contribution in [3.05, 3.63) is 5.15 Å². The molecular formula is C7H6ClN5S2. The summed E-state index contributed by atoms with van der Waals surface area (Å²) in [5.74, 6) is 0. The van der Waals surface area contributed by atoms with Crippen molar-refractivity contribution >= 4 is 46.2 Å². The summed E-state index contributed by atoms with van der Waals surface area (Å²) in [5.41, 5.74) is 1.15. The molecule has 5 nitrogen and oxygen atoms in total. The number of halogens is 1. The Balaban J connectivity index is 2.80. The van der Waals surface area contributed by atoms with Crippen LogP contribution in [0, 0.1) is 0 Å². The van der Waals surface area contributed by atoms with Crippen molar-refractivity contribution in [2.45, 2.75) is 10.2 Å². The van der Waals surface area contributed by atoms with Crippen molar-refractivity contribution in [3.63, 3.8) is 0 Å². The first-order valence-corrected chi connectivity index (χ1v) is 6.73. The Kier molecular flexibility index (Phi) is 3.22. The molecule has 0 aliphatic heterocycles. The zero-order valence-corrected chi connectivity index (χ0v) is 10.3. The third-order valence-electron chi connectivity index (χ3n) is 1.68. The van der Waals surface area contributed by atoms with Crippen molar-refractivity contribution < 1.29 is 0 Å². The van der Waals surface area contributed by atoms with Crippen molar-refractivity contribution in [2.75, 3.05) is 12.5 Å². The SMILES string of the molecule is CSc1nc(SC)c2nnnc(Cl)c2n1. The lowest BCUT2D eigenvalue weighted by atomic mass is 10.5. The van der Waals surface area contributed by atoms with Crippen molar-refractivity contribution in [2.24, 2.45) is 0 Å². The molecular weight excluding hydrogens is 254 g/mol. The summed E-state index contributed by atoms with van der Waals surface area (Å²) in [4.78, 5) is 8.55. The highest BCUT2D eigenvalue weighted by molar-refractivity contribution is 7.99. The predicted octanol–water partition coefficient (Wildman–Crippen LogP) is 1.91. The van der Waals surface area contributed by atoms with Gasteiger partial charge in [-0.3, -0.25) is 0 Å². The van der Waals surface area contributed by atoms with Gasteiger partial charge in [-0.05, 0) is 17.7 Å². The largest absolute Gasteiger partial charge is 0.217 e. The molecule has 78 valence electrons. The summed E-state index contributed by atoms with van der Waals surface area (Å²) in [6, 6.07) is 0. The number of hydrogen-bond acceptors (Lipinski definition) is 7. The van der Waals surface area contributed by atoms with E-state index in [0.29, 0.717) is 16.2 Å². The Labute approximate surface area is 99.4 Å². The fourth-order valence-electron chi connectivity index (χ4n) is 1.04. The van der Waals surface area contributed by atoms with E-state index in [1.165, 1.54) is 23.5 Å². The fourth-order valence-corrected chi connectivity index (χ4v) is 2.13. The van der Waals surface area contributed by atoms with Crippen LogP contribution in [-0.2, 0) is 0 Å². The highest BCUT2D eigenvalue weighted by atomic mass is 35.5. The number of nitrogens with zero attached hydrogens (tertiary/aromatic N) is 5. The Morgan fingerprint density at radius 1 is 1.00 bits per heavy atom. The lowest BCUT2D eigenvalue weighted by Crippen LogP contribution is -1.98. The van der Waals surface area contributed by atoms with E-state index < -0.39 is 0 Å². The van der Waals surface area contributed by atoms with E-state index >= 15 is 0 Å². The fraction of sp³-hybridized carbons (Fsp3) is 0.286. The van der Waals surface area contributed by atoms with E-state index in [4.69, 9.17) is 11.6 Å². The second kappa shape index (κ2) is 4.46. The molecule has 0 bridgehead atoms. The molecule has 0 unspecified atom stereocenters. The van der Waals surface area contributed by atoms with E-state index in [2.05, 4.69) is 25.4 Å². The van der Waals surface area contributed by atoms with Crippen LogP contribution in [0.4, 0.5) is 0 Å². The molecule has 2 rings (SSSR count). The lowest BCUT2D eigenvalue weighted by molar-refractivity contribution is 0.849. The molecule has 0 atom stereocenters. The van der Waals surface area contributed by atoms with E-state index in [-0.39, 0.29) is 5.15 Å². The quantitative estimate of drug-likeness (QED) is 0.464. The Morgan fingerprint density at radius 2 is 1.80 bits per heavy atom. The molecule has 0 radical (unpaired) electrons. The maximum atomic E-state index is 5.89. The van der Waals surface area contributed by atoms with Gasteiger partial charge in [-0.2, -0.15) is 0 Å². The first kappa shape index (κ1) is 10.8. The van der Waals surface area contributed by atoms with Gasteiger partial charge in [0.15, 0.2) is 10.3 Å². The predicted molar refractivity (Wildman–Crippen MR) is 61.5 cm³/mol. The van der Waals surface area contributed by atoms with Crippen LogP contribution in [0.1, 0.15) is 0 Å². The minimum Gasteiger partial charge on any atom is -0.217 e. The average Bonchev–Trinajstić information content (AvgIpc) is 2.28. The van der Waals surface area contributed by atoms with E-state index in [1.54, 1.807) is 0 Å². The first-order valence-electron chi connectivity index (χ1n) is 3.91. The molecule has 0 fully saturated rings. The standard InChI is InChI=1S/C7H6ClN5S2/c1-14-6-4-3(5(8)12-13-11-4)9-7(10-6)15-2/h1-2H3. The van der Waals surface area contributed by atoms with Crippen LogP contribution < -0.4 is 0 Å². The van der Waals surface area contributed by atoms with E-state index in [0.717, 1.165) is 5.03 Å². The van der Waals surface area contributed by atoms with Crippen LogP contribution in [0.2, 0.25) is 5.15 Å². The van der Waals surface area contributed by atoms with E-state index in [1.807, 2.05) is 12.5 Å². The summed E-state index contributed by atoms with van der Waals surface area (Å²) in [5, 5.41) is 12.8. The second-order valence-electron chi connectivity index (χ2n) is 2.50. The molecule has 0 aromatic carbocycles. The third-order valence-corrected chi connectivity index (χ3v) is 3.15. The molecule has 0 N–H and O–H groups in total. The third kappa shape index (κ3) is 1.99. The van der Waals surface area contributed by atoms with Crippen molar-refractivity contribution in [1.82, 2.24) is 25.4 Å². The summed E-state index contributed by atoms with van der Waals surface area (Å²) in [6.07, 6.45) is 3.82. The van der Waals surface area contributed by atoms with Gasteiger partial charge in [0, 0.05) is 0 Å². The van der Waals surface area contributed by atoms with Crippen LogP contribution in [0.3, 0.4) is 0 Å². The van der Waals surface area contributed by atoms with Crippen LogP contribution in [0.15, 0.2) is 10.2 Å². The summed E-state index contributed by atoms with van der Waals surface area (Å²) in [6.45, 7) is 0. The zero-order chi connectivity index (χ0) is 10.8. The van der Waals surface area contributed by atoms with Crippen LogP contribution in [-0.4, -0.2) is 37.9 Å². The Bertz CT molecular complexity index is 506. The minimum absolute atomic E-state index is 0.257. The molecule has 8 heteroatoms. The van der Waals surface area contributed by atoms with Crippen molar-refractivity contribution in [3.8, 4) is 0 Å². The number of aromatic nitrogens is 5. The number of rotatable bonds is 2. The van der Waals surface area contributed by atoms with Gasteiger partial charge in [-0.25, -0.2) is 9.97 Å². The molecule has 0 amide bonds. The average molecular weight is 260 g/mol. The zero-order valence-electron chi connectivity index (χ0n) is 7.93. The molecule has 0 saturated carbocycles. The van der Waals surface area contributed by atoms with Gasteiger partial charge in [0.05, 0.1) is 0 Å². The van der Waals surface area contributed by atoms with Gasteiger partial charge in [0.1, 0.15) is 16.1 Å². The maximum absolute atomic E-state index is 5.89. The van der Waals surface area contributed by atoms with Crippen LogP contribution in [0.25, 0.3) is 11.0 Å². The molecule has 2 aromatic rings. The number of fused-ring (bicyclic) bond motifs is 1. The van der Waals surface area contributed by atoms with Crippen LogP contribution in [0.5, 0.6) is 0 Å². The van der Waals surface area contributed by atoms with Gasteiger partial charge in [-0.15, -0.1) is 22.0 Å². The Hall–Kier alpha value is -0.660. The number of hydrogen-bond donors (Lipinski definition) is 0. The highest BCUT2D eigenvalue weighted by Crippen LogP contribution is 2.26. The summed E-state index contributed by atoms with van der Waals surface area (Å²) >= 11 is 8.83. The number of thioether (sulfide) groups is 2. The van der Waals surface area contributed by atoms with Crippen LogP contribution >= 0.6 is 35.1 Å². The molecule has 15 heavy (non-hydrogen) atoms. The normalized spacial score (nSPS) is 10.9. The summed E-state index contributed by atoms with van der Waals surface area (Å²) < 4.78 is 0. The van der Waals surface area contributed by atoms with Gasteiger partial charge in [0.25, 0.3) is 0 Å². The molecule has 2 heterocycles. The van der Waals surface area contributed by atoms with Gasteiger partial charge in [0.2, 0.25) is 0 Å². The summed E-state index contributed by atoms with van der Waals surface area (Å²) in [7, 11) is 0. The first-order chi connectivity index (χ1) is 7.26. The maximum Gasteiger partial charge on any atom is 0.189 e. The smallest absolute Gasteiger partial charge is 0.189 e. The molecule has 0 saturated heterocycles. The monoisotopic (exact) mass is 259 g/mol. The Morgan fingerprint density at radius 3 is 2.47 bits per heavy atom. The highest BCUT2D eigenvalue weighted by Gasteiger charge is 2.11. The molecule has 0 aliphatic carbocycles. The molecule has 2 aromatic heterocycles. The van der Waals surface area contributed by atoms with Crippen molar-refractivity contribution in [1.29, 1.82) is 0 Å². The lowest BCUT2D eigenvalue weighted by Gasteiger charge is -2.03. The molecule has 0 aliphatic rings. The second-order valence-corrected chi connectivity index (χ2v) is 4.42. The van der Waals surface area contributed by atoms with Gasteiger partial charge < -0.3 is 0 Å². The topological polar surface area (TPSA) is 64.5 Å². The minimum atomic E-state index is 0.257. The van der Waals surface area contributed by atoms with Gasteiger partial charge >= 0.3 is 0 Å². The molecule has 0 spiro atoms. The van der Waals surface area contributed by atoms with E-state index in [9.17, 15) is 0 Å².